The zero-order valence-corrected chi connectivity index (χ0v) is 22.0. The molecule has 0 amide bonds. The summed E-state index contributed by atoms with van der Waals surface area (Å²) in [6.07, 6.45) is 0. The molecular weight excluding hydrogens is 529 g/mol. The Bertz CT molecular complexity index is 861. The molecular formula is C25H36IN5O2. The highest BCUT2D eigenvalue weighted by Gasteiger charge is 2.20. The fourth-order valence-corrected chi connectivity index (χ4v) is 4.20. The van der Waals surface area contributed by atoms with Gasteiger partial charge >= 0.3 is 0 Å². The van der Waals surface area contributed by atoms with Crippen molar-refractivity contribution in [1.29, 1.82) is 0 Å². The van der Waals surface area contributed by atoms with Crippen LogP contribution in [0.25, 0.3) is 0 Å². The van der Waals surface area contributed by atoms with Gasteiger partial charge in [0.25, 0.3) is 0 Å². The third-order valence-corrected chi connectivity index (χ3v) is 6.08. The summed E-state index contributed by atoms with van der Waals surface area (Å²) in [4.78, 5) is 12.1. The quantitative estimate of drug-likeness (QED) is 0.329. The molecule has 0 spiro atoms. The number of hydrogen-bond acceptors (Lipinski definition) is 5. The molecule has 0 aromatic heterocycles. The Kier molecular flexibility index (Phi) is 9.93. The maximum atomic E-state index is 5.45. The van der Waals surface area contributed by atoms with Crippen molar-refractivity contribution in [2.75, 3.05) is 75.9 Å². The van der Waals surface area contributed by atoms with Crippen LogP contribution < -0.4 is 19.9 Å². The van der Waals surface area contributed by atoms with Crippen LogP contribution in [0.5, 0.6) is 5.75 Å². The maximum Gasteiger partial charge on any atom is 0.194 e. The second kappa shape index (κ2) is 12.9. The zero-order chi connectivity index (χ0) is 22.2. The van der Waals surface area contributed by atoms with Crippen molar-refractivity contribution in [2.24, 2.45) is 4.99 Å². The van der Waals surface area contributed by atoms with Crippen molar-refractivity contribution in [3.63, 3.8) is 0 Å². The second-order valence-corrected chi connectivity index (χ2v) is 8.11. The average Bonchev–Trinajstić information content (AvgIpc) is 2.87. The number of morpholine rings is 1. The number of guanidine groups is 1. The minimum Gasteiger partial charge on any atom is -0.497 e. The van der Waals surface area contributed by atoms with Crippen LogP contribution in [0.15, 0.2) is 53.5 Å². The number of nitrogens with one attached hydrogen (secondary N) is 1. The highest BCUT2D eigenvalue weighted by molar-refractivity contribution is 14.0. The van der Waals surface area contributed by atoms with Crippen molar-refractivity contribution in [2.45, 2.75) is 13.5 Å². The van der Waals surface area contributed by atoms with Gasteiger partial charge in [0.1, 0.15) is 5.75 Å². The molecule has 4 rings (SSSR count). The molecule has 2 fully saturated rings. The van der Waals surface area contributed by atoms with Crippen LogP contribution in [0, 0.1) is 0 Å². The first-order valence-electron chi connectivity index (χ1n) is 11.6. The topological polar surface area (TPSA) is 52.6 Å². The monoisotopic (exact) mass is 565 g/mol. The van der Waals surface area contributed by atoms with E-state index in [2.05, 4.69) is 63.3 Å². The van der Waals surface area contributed by atoms with E-state index in [4.69, 9.17) is 14.5 Å². The van der Waals surface area contributed by atoms with E-state index in [0.717, 1.165) is 70.7 Å². The summed E-state index contributed by atoms with van der Waals surface area (Å²) < 4.78 is 10.7. The van der Waals surface area contributed by atoms with E-state index < -0.39 is 0 Å². The third kappa shape index (κ3) is 6.89. The minimum atomic E-state index is 0. The predicted octanol–water partition coefficient (Wildman–Crippen LogP) is 3.44. The average molecular weight is 566 g/mol. The first-order valence-corrected chi connectivity index (χ1v) is 11.6. The van der Waals surface area contributed by atoms with E-state index in [-0.39, 0.29) is 24.0 Å². The molecule has 0 radical (unpaired) electrons. The van der Waals surface area contributed by atoms with Gasteiger partial charge in [-0.2, -0.15) is 0 Å². The van der Waals surface area contributed by atoms with Crippen molar-refractivity contribution in [1.82, 2.24) is 10.2 Å². The summed E-state index contributed by atoms with van der Waals surface area (Å²) >= 11 is 0. The van der Waals surface area contributed by atoms with E-state index in [0.29, 0.717) is 6.54 Å². The molecule has 2 aliphatic heterocycles. The fourth-order valence-electron chi connectivity index (χ4n) is 4.20. The number of hydrogen-bond donors (Lipinski definition) is 1. The molecule has 0 bridgehead atoms. The lowest BCUT2D eigenvalue weighted by Gasteiger charge is -2.37. The molecule has 1 N–H and O–H groups in total. The molecule has 33 heavy (non-hydrogen) atoms. The van der Waals surface area contributed by atoms with Gasteiger partial charge in [-0.15, -0.1) is 24.0 Å². The van der Waals surface area contributed by atoms with E-state index in [1.807, 2.05) is 12.1 Å². The molecule has 2 saturated heterocycles. The van der Waals surface area contributed by atoms with Crippen LogP contribution in [0.2, 0.25) is 0 Å². The van der Waals surface area contributed by atoms with E-state index in [9.17, 15) is 0 Å². The molecule has 0 aliphatic carbocycles. The van der Waals surface area contributed by atoms with Gasteiger partial charge in [-0.05, 0) is 48.9 Å². The first kappa shape index (κ1) is 25.4. The van der Waals surface area contributed by atoms with Gasteiger partial charge in [0.15, 0.2) is 5.96 Å². The van der Waals surface area contributed by atoms with Crippen LogP contribution in [0.3, 0.4) is 0 Å². The van der Waals surface area contributed by atoms with Gasteiger partial charge in [0, 0.05) is 57.2 Å². The summed E-state index contributed by atoms with van der Waals surface area (Å²) in [5.41, 5.74) is 3.74. The van der Waals surface area contributed by atoms with Gasteiger partial charge < -0.3 is 29.5 Å². The van der Waals surface area contributed by atoms with Gasteiger partial charge in [0.05, 0.1) is 26.9 Å². The molecule has 7 nitrogen and oxygen atoms in total. The maximum absolute atomic E-state index is 5.45. The number of rotatable bonds is 6. The van der Waals surface area contributed by atoms with Gasteiger partial charge in [-0.3, -0.25) is 0 Å². The van der Waals surface area contributed by atoms with Crippen molar-refractivity contribution >= 4 is 41.3 Å². The number of aliphatic imine (C=N–C) groups is 1. The first-order chi connectivity index (χ1) is 15.8. The molecule has 180 valence electrons. The Labute approximate surface area is 214 Å². The highest BCUT2D eigenvalue weighted by atomic mass is 127. The Morgan fingerprint density at radius 1 is 0.879 bits per heavy atom. The van der Waals surface area contributed by atoms with E-state index in [1.165, 1.54) is 16.9 Å². The van der Waals surface area contributed by atoms with Crippen LogP contribution >= 0.6 is 24.0 Å². The van der Waals surface area contributed by atoms with Gasteiger partial charge in [0.2, 0.25) is 0 Å². The van der Waals surface area contributed by atoms with Crippen LogP contribution in [0.4, 0.5) is 11.4 Å². The lowest BCUT2D eigenvalue weighted by Crippen LogP contribution is -2.52. The fraction of sp³-hybridized carbons (Fsp3) is 0.480. The van der Waals surface area contributed by atoms with Crippen LogP contribution in [-0.4, -0.2) is 77.0 Å². The number of halogens is 1. The molecule has 0 atom stereocenters. The standard InChI is InChI=1S/C25H35N5O2.HI/c1-3-26-25(27-20-21-4-6-22(7-5-21)29-16-18-32-19-17-29)30-14-12-28(13-15-30)23-8-10-24(31-2)11-9-23;/h4-11H,3,12-20H2,1-2H3,(H,26,27);1H. The lowest BCUT2D eigenvalue weighted by molar-refractivity contribution is 0.122. The second-order valence-electron chi connectivity index (χ2n) is 8.11. The number of anilines is 2. The van der Waals surface area contributed by atoms with Crippen molar-refractivity contribution in [3.8, 4) is 5.75 Å². The highest BCUT2D eigenvalue weighted by Crippen LogP contribution is 2.21. The minimum absolute atomic E-state index is 0. The summed E-state index contributed by atoms with van der Waals surface area (Å²) in [7, 11) is 1.70. The lowest BCUT2D eigenvalue weighted by atomic mass is 10.2. The summed E-state index contributed by atoms with van der Waals surface area (Å²) in [6, 6.07) is 17.1. The number of benzene rings is 2. The van der Waals surface area contributed by atoms with Crippen molar-refractivity contribution < 1.29 is 9.47 Å². The summed E-state index contributed by atoms with van der Waals surface area (Å²) in [5, 5.41) is 3.47. The Morgan fingerprint density at radius 3 is 2.03 bits per heavy atom. The van der Waals surface area contributed by atoms with E-state index >= 15 is 0 Å². The largest absolute Gasteiger partial charge is 0.497 e. The van der Waals surface area contributed by atoms with Gasteiger partial charge in [-0.25, -0.2) is 4.99 Å². The van der Waals surface area contributed by atoms with Crippen LogP contribution in [-0.2, 0) is 11.3 Å². The number of methoxy groups -OCH3 is 1. The molecule has 0 unspecified atom stereocenters. The molecule has 8 heteroatoms. The number of piperazine rings is 1. The molecule has 2 heterocycles. The Morgan fingerprint density at radius 2 is 1.45 bits per heavy atom. The third-order valence-electron chi connectivity index (χ3n) is 6.08. The number of nitrogens with zero attached hydrogens (tertiary/aromatic N) is 4. The molecule has 2 aliphatic rings. The van der Waals surface area contributed by atoms with Gasteiger partial charge in [-0.1, -0.05) is 12.1 Å². The molecule has 0 saturated carbocycles. The molecule has 2 aromatic carbocycles. The van der Waals surface area contributed by atoms with Crippen molar-refractivity contribution in [3.05, 3.63) is 54.1 Å². The smallest absolute Gasteiger partial charge is 0.194 e. The Hall–Kier alpha value is -2.20. The number of ether oxygens (including phenoxy) is 2. The normalized spacial score (nSPS) is 16.9. The summed E-state index contributed by atoms with van der Waals surface area (Å²) in [6.45, 7) is 11.1. The van der Waals surface area contributed by atoms with E-state index in [1.54, 1.807) is 7.11 Å². The molecule has 2 aromatic rings. The Balaban J connectivity index is 0.00000306. The predicted molar refractivity (Wildman–Crippen MR) is 146 cm³/mol. The van der Waals surface area contributed by atoms with Crippen LogP contribution in [0.1, 0.15) is 12.5 Å². The summed E-state index contributed by atoms with van der Waals surface area (Å²) in [5.74, 6) is 1.89. The zero-order valence-electron chi connectivity index (χ0n) is 19.7. The SMILES string of the molecule is CCNC(=NCc1ccc(N2CCOCC2)cc1)N1CCN(c2ccc(OC)cc2)CC1.I.